The van der Waals surface area contributed by atoms with Crippen molar-refractivity contribution in [3.63, 3.8) is 0 Å². The number of carbonyl (C=O) groups excluding carboxylic acids is 1. The number of aromatic nitrogens is 1. The molecular formula is C27H32N4O2S2. The smallest absolute Gasteiger partial charge is 0.270 e. The number of amides is 1. The summed E-state index contributed by atoms with van der Waals surface area (Å²) in [5.41, 5.74) is 2.25. The van der Waals surface area contributed by atoms with Crippen molar-refractivity contribution in [3.8, 4) is 6.07 Å². The maximum Gasteiger partial charge on any atom is 0.270 e. The van der Waals surface area contributed by atoms with Crippen molar-refractivity contribution < 1.29 is 4.79 Å². The molecule has 8 heteroatoms. The molecule has 1 fully saturated rings. The highest BCUT2D eigenvalue weighted by molar-refractivity contribution is 8.26. The van der Waals surface area contributed by atoms with Crippen molar-refractivity contribution in [2.45, 2.75) is 53.5 Å². The Morgan fingerprint density at radius 2 is 1.94 bits per heavy atom. The number of nitriles is 1. The van der Waals surface area contributed by atoms with Gasteiger partial charge in [0, 0.05) is 25.2 Å². The zero-order chi connectivity index (χ0) is 25.5. The molecule has 0 unspecified atom stereocenters. The Balaban J connectivity index is 2.08. The first kappa shape index (κ1) is 26.7. The summed E-state index contributed by atoms with van der Waals surface area (Å²) in [4.78, 5) is 28.5. The highest BCUT2D eigenvalue weighted by atomic mass is 32.2. The molecule has 0 spiro atoms. The lowest BCUT2D eigenvalue weighted by Gasteiger charge is -2.20. The number of rotatable bonds is 10. The van der Waals surface area contributed by atoms with Gasteiger partial charge in [-0.2, -0.15) is 5.26 Å². The summed E-state index contributed by atoms with van der Waals surface area (Å²) in [7, 11) is 0. The molecule has 1 aliphatic rings. The van der Waals surface area contributed by atoms with E-state index in [2.05, 4.69) is 30.4 Å². The zero-order valence-electron chi connectivity index (χ0n) is 20.8. The van der Waals surface area contributed by atoms with E-state index in [1.807, 2.05) is 32.0 Å². The molecule has 0 aliphatic carbocycles. The first-order valence-corrected chi connectivity index (χ1v) is 13.2. The van der Waals surface area contributed by atoms with Gasteiger partial charge in [0.2, 0.25) is 0 Å². The summed E-state index contributed by atoms with van der Waals surface area (Å²) in [6.07, 6.45) is 4.28. The molecule has 0 saturated carbocycles. The van der Waals surface area contributed by atoms with Crippen LogP contribution in [-0.2, 0) is 17.8 Å². The fraction of sp³-hybridized carbons (Fsp3) is 0.407. The van der Waals surface area contributed by atoms with Crippen LogP contribution in [-0.4, -0.2) is 32.8 Å². The second kappa shape index (κ2) is 12.2. The fourth-order valence-electron chi connectivity index (χ4n) is 4.01. The van der Waals surface area contributed by atoms with E-state index in [0.29, 0.717) is 45.8 Å². The largest absolute Gasteiger partial charge is 0.371 e. The Labute approximate surface area is 217 Å². The van der Waals surface area contributed by atoms with Crippen LogP contribution in [0.1, 0.15) is 55.9 Å². The van der Waals surface area contributed by atoms with E-state index in [-0.39, 0.29) is 22.9 Å². The molecule has 2 heterocycles. The van der Waals surface area contributed by atoms with Gasteiger partial charge in [-0.1, -0.05) is 81.5 Å². The van der Waals surface area contributed by atoms with Crippen molar-refractivity contribution in [1.29, 1.82) is 5.26 Å². The van der Waals surface area contributed by atoms with Crippen LogP contribution < -0.4 is 10.9 Å². The van der Waals surface area contributed by atoms with Crippen molar-refractivity contribution >= 4 is 46.1 Å². The van der Waals surface area contributed by atoms with Gasteiger partial charge in [-0.15, -0.1) is 0 Å². The normalized spacial score (nSPS) is 14.7. The molecular weight excluding hydrogens is 476 g/mol. The van der Waals surface area contributed by atoms with E-state index in [9.17, 15) is 14.9 Å². The maximum absolute atomic E-state index is 13.2. The fourth-order valence-corrected chi connectivity index (χ4v) is 5.26. The van der Waals surface area contributed by atoms with Crippen molar-refractivity contribution in [2.24, 2.45) is 5.92 Å². The van der Waals surface area contributed by atoms with Crippen LogP contribution in [0.25, 0.3) is 6.08 Å². The first-order chi connectivity index (χ1) is 16.8. The third kappa shape index (κ3) is 6.22. The first-order valence-electron chi connectivity index (χ1n) is 12.0. The third-order valence-corrected chi connectivity index (χ3v) is 7.23. The number of unbranched alkanes of at least 4 members (excludes halogenated alkanes) is 1. The molecule has 1 amide bonds. The van der Waals surface area contributed by atoms with Gasteiger partial charge >= 0.3 is 0 Å². The van der Waals surface area contributed by atoms with Crippen LogP contribution in [0.2, 0.25) is 0 Å². The second-order valence-corrected chi connectivity index (χ2v) is 10.7. The number of thioether (sulfide) groups is 1. The molecule has 1 N–H and O–H groups in total. The molecule has 1 aromatic heterocycles. The van der Waals surface area contributed by atoms with Gasteiger partial charge in [-0.25, -0.2) is 0 Å². The van der Waals surface area contributed by atoms with Gasteiger partial charge in [0.1, 0.15) is 21.8 Å². The summed E-state index contributed by atoms with van der Waals surface area (Å²) < 4.78 is 2.19. The highest BCUT2D eigenvalue weighted by Crippen LogP contribution is 2.35. The topological polar surface area (TPSA) is 78.1 Å². The molecule has 35 heavy (non-hydrogen) atoms. The molecule has 184 valence electrons. The number of nitrogens with zero attached hydrogens (tertiary/aromatic N) is 3. The monoisotopic (exact) mass is 508 g/mol. The number of hydrogen-bond donors (Lipinski definition) is 1. The Morgan fingerprint density at radius 3 is 2.57 bits per heavy atom. The number of nitrogens with one attached hydrogen (secondary N) is 1. The van der Waals surface area contributed by atoms with Crippen LogP contribution in [0, 0.1) is 24.2 Å². The Bertz CT molecular complexity index is 1230. The van der Waals surface area contributed by atoms with Crippen LogP contribution >= 0.6 is 24.0 Å². The summed E-state index contributed by atoms with van der Waals surface area (Å²) >= 11 is 6.74. The lowest BCUT2D eigenvalue weighted by molar-refractivity contribution is -0.122. The maximum atomic E-state index is 13.2. The third-order valence-electron chi connectivity index (χ3n) is 5.86. The number of benzene rings is 1. The number of hydrogen-bond acceptors (Lipinski definition) is 6. The molecule has 1 aromatic carbocycles. The zero-order valence-corrected chi connectivity index (χ0v) is 22.4. The van der Waals surface area contributed by atoms with Crippen molar-refractivity contribution in [3.05, 3.63) is 67.8 Å². The summed E-state index contributed by atoms with van der Waals surface area (Å²) in [6, 6.07) is 12.2. The van der Waals surface area contributed by atoms with Gasteiger partial charge < -0.3 is 5.32 Å². The highest BCUT2D eigenvalue weighted by Gasteiger charge is 2.33. The molecule has 0 radical (unpaired) electrons. The molecule has 1 saturated heterocycles. The number of anilines is 1. The number of pyridine rings is 1. The molecule has 0 bridgehead atoms. The molecule has 3 rings (SSSR count). The van der Waals surface area contributed by atoms with Crippen molar-refractivity contribution in [2.75, 3.05) is 18.4 Å². The number of carbonyl (C=O) groups is 1. The van der Waals surface area contributed by atoms with Crippen molar-refractivity contribution in [1.82, 2.24) is 9.47 Å². The van der Waals surface area contributed by atoms with E-state index in [0.717, 1.165) is 19.3 Å². The average molecular weight is 509 g/mol. The Kier molecular flexibility index (Phi) is 9.30. The second-order valence-electron chi connectivity index (χ2n) is 9.03. The molecule has 0 atom stereocenters. The summed E-state index contributed by atoms with van der Waals surface area (Å²) in [5, 5.41) is 13.2. The molecule has 2 aromatic rings. The van der Waals surface area contributed by atoms with E-state index in [1.54, 1.807) is 22.5 Å². The molecule has 1 aliphatic heterocycles. The van der Waals surface area contributed by atoms with Crippen LogP contribution in [0.5, 0.6) is 0 Å². The predicted octanol–water partition coefficient (Wildman–Crippen LogP) is 5.34. The van der Waals surface area contributed by atoms with Gasteiger partial charge in [0.25, 0.3) is 11.5 Å². The minimum absolute atomic E-state index is 0.110. The van der Waals surface area contributed by atoms with Gasteiger partial charge in [-0.05, 0) is 42.9 Å². The quantitative estimate of drug-likeness (QED) is 0.345. The van der Waals surface area contributed by atoms with Crippen LogP contribution in [0.3, 0.4) is 0 Å². The van der Waals surface area contributed by atoms with Gasteiger partial charge in [0.05, 0.1) is 4.91 Å². The van der Waals surface area contributed by atoms with Gasteiger partial charge in [-0.3, -0.25) is 19.1 Å². The standard InChI is InChI=1S/C27H32N4O2S2/c1-5-6-14-30-24(29-13-12-20-10-8-7-9-11-20)21(19(4)22(16-28)25(30)32)15-23-26(33)31(17-18(2)3)27(34)35-23/h7-11,15,18,29H,5-6,12-14,17H2,1-4H3/b23-15+. The Morgan fingerprint density at radius 1 is 1.23 bits per heavy atom. The van der Waals surface area contributed by atoms with E-state index < -0.39 is 0 Å². The lowest BCUT2D eigenvalue weighted by Crippen LogP contribution is -2.31. The van der Waals surface area contributed by atoms with E-state index in [4.69, 9.17) is 12.2 Å². The van der Waals surface area contributed by atoms with E-state index >= 15 is 0 Å². The summed E-state index contributed by atoms with van der Waals surface area (Å²) in [6.45, 7) is 9.58. The van der Waals surface area contributed by atoms with E-state index in [1.165, 1.54) is 17.3 Å². The van der Waals surface area contributed by atoms with Crippen LogP contribution in [0.4, 0.5) is 5.82 Å². The number of thiocarbonyl (C=S) groups is 1. The minimum atomic E-state index is -0.301. The SMILES string of the molecule is CCCCn1c(NCCc2ccccc2)c(/C=C2/SC(=S)N(CC(C)C)C2=O)c(C)c(C#N)c1=O. The lowest BCUT2D eigenvalue weighted by atomic mass is 10.0. The summed E-state index contributed by atoms with van der Waals surface area (Å²) in [5.74, 6) is 0.799. The predicted molar refractivity (Wildman–Crippen MR) is 148 cm³/mol. The molecule has 6 nitrogen and oxygen atoms in total. The Hall–Kier alpha value is -2.89. The van der Waals surface area contributed by atoms with Gasteiger partial charge in [0.15, 0.2) is 0 Å². The average Bonchev–Trinajstić information content (AvgIpc) is 3.09. The minimum Gasteiger partial charge on any atom is -0.371 e. The van der Waals surface area contributed by atoms with Crippen LogP contribution in [0.15, 0.2) is 40.0 Å².